The number of amides is 1. The van der Waals surface area contributed by atoms with Gasteiger partial charge >= 0.3 is 5.97 Å². The molecule has 0 fully saturated rings. The second kappa shape index (κ2) is 4.62. The summed E-state index contributed by atoms with van der Waals surface area (Å²) in [4.78, 5) is 25.8. The molecule has 0 aliphatic carbocycles. The summed E-state index contributed by atoms with van der Waals surface area (Å²) in [5.41, 5.74) is 5.52. The van der Waals surface area contributed by atoms with E-state index in [1.807, 2.05) is 0 Å². The highest BCUT2D eigenvalue weighted by atomic mass is 16.4. The summed E-state index contributed by atoms with van der Waals surface area (Å²) >= 11 is 0. The Kier molecular flexibility index (Phi) is 3.00. The first kappa shape index (κ1) is 11.7. The zero-order valence-electron chi connectivity index (χ0n) is 9.15. The molecule has 0 aliphatic rings. The highest BCUT2D eigenvalue weighted by Crippen LogP contribution is 2.21. The molecule has 2 heterocycles. The van der Waals surface area contributed by atoms with E-state index >= 15 is 0 Å². The molecule has 8 nitrogen and oxygen atoms in total. The summed E-state index contributed by atoms with van der Waals surface area (Å²) in [7, 11) is 0. The van der Waals surface area contributed by atoms with Crippen molar-refractivity contribution in [2.24, 2.45) is 5.73 Å². The van der Waals surface area contributed by atoms with Crippen molar-refractivity contribution in [3.8, 4) is 11.3 Å². The van der Waals surface area contributed by atoms with Crippen LogP contribution in [0.15, 0.2) is 24.5 Å². The van der Waals surface area contributed by atoms with Gasteiger partial charge in [0, 0.05) is 18.0 Å². The molecule has 0 aromatic carbocycles. The predicted octanol–water partition coefficient (Wildman–Crippen LogP) is -0.476. The summed E-state index contributed by atoms with van der Waals surface area (Å²) in [6.07, 6.45) is 3.01. The van der Waals surface area contributed by atoms with Crippen molar-refractivity contribution in [1.29, 1.82) is 0 Å². The average molecular weight is 247 g/mol. The first-order valence-electron chi connectivity index (χ1n) is 4.95. The van der Waals surface area contributed by atoms with Gasteiger partial charge in [0.25, 0.3) is 0 Å². The van der Waals surface area contributed by atoms with Gasteiger partial charge in [-0.3, -0.25) is 9.78 Å². The second-order valence-electron chi connectivity index (χ2n) is 3.46. The highest BCUT2D eigenvalue weighted by Gasteiger charge is 2.21. The van der Waals surface area contributed by atoms with Crippen LogP contribution in [0.25, 0.3) is 11.3 Å². The van der Waals surface area contributed by atoms with Crippen LogP contribution in [-0.2, 0) is 11.3 Å². The Bertz CT molecular complexity index is 593. The Morgan fingerprint density at radius 2 is 2.22 bits per heavy atom. The smallest absolute Gasteiger partial charge is 0.358 e. The van der Waals surface area contributed by atoms with Gasteiger partial charge in [-0.1, -0.05) is 5.21 Å². The molecule has 1 amide bonds. The highest BCUT2D eigenvalue weighted by molar-refractivity contribution is 5.92. The van der Waals surface area contributed by atoms with Crippen LogP contribution in [0.4, 0.5) is 0 Å². The quantitative estimate of drug-likeness (QED) is 0.752. The van der Waals surface area contributed by atoms with Gasteiger partial charge in [-0.15, -0.1) is 5.10 Å². The monoisotopic (exact) mass is 247 g/mol. The van der Waals surface area contributed by atoms with E-state index in [4.69, 9.17) is 10.8 Å². The second-order valence-corrected chi connectivity index (χ2v) is 3.46. The number of nitrogens with two attached hydrogens (primary N) is 1. The van der Waals surface area contributed by atoms with Gasteiger partial charge < -0.3 is 10.8 Å². The number of hydrogen-bond acceptors (Lipinski definition) is 5. The fourth-order valence-electron chi connectivity index (χ4n) is 1.50. The van der Waals surface area contributed by atoms with E-state index in [0.717, 1.165) is 4.68 Å². The Hall–Kier alpha value is -2.77. The van der Waals surface area contributed by atoms with E-state index < -0.39 is 11.9 Å². The summed E-state index contributed by atoms with van der Waals surface area (Å²) in [6.45, 7) is -0.246. The fourth-order valence-corrected chi connectivity index (χ4v) is 1.50. The van der Waals surface area contributed by atoms with Crippen molar-refractivity contribution < 1.29 is 14.7 Å². The number of primary amides is 1. The molecular weight excluding hydrogens is 238 g/mol. The number of carbonyl (C=O) groups is 2. The Morgan fingerprint density at radius 1 is 1.44 bits per heavy atom. The molecule has 0 atom stereocenters. The van der Waals surface area contributed by atoms with Crippen LogP contribution in [0, 0.1) is 0 Å². The topological polar surface area (TPSA) is 124 Å². The van der Waals surface area contributed by atoms with Crippen molar-refractivity contribution in [2.75, 3.05) is 0 Å². The van der Waals surface area contributed by atoms with Gasteiger partial charge in [0.2, 0.25) is 5.91 Å². The lowest BCUT2D eigenvalue weighted by Crippen LogP contribution is -2.20. The summed E-state index contributed by atoms with van der Waals surface area (Å²) in [6, 6.07) is 3.29. The number of carboxylic acid groups (broad SMARTS) is 1. The maximum atomic E-state index is 11.0. The van der Waals surface area contributed by atoms with Gasteiger partial charge in [0.05, 0.1) is 0 Å². The summed E-state index contributed by atoms with van der Waals surface area (Å²) in [5, 5.41) is 16.2. The molecule has 2 rings (SSSR count). The average Bonchev–Trinajstić information content (AvgIpc) is 2.73. The molecule has 0 bridgehead atoms. The predicted molar refractivity (Wildman–Crippen MR) is 59.4 cm³/mol. The van der Waals surface area contributed by atoms with E-state index in [2.05, 4.69) is 15.3 Å². The van der Waals surface area contributed by atoms with Crippen LogP contribution in [0.2, 0.25) is 0 Å². The van der Waals surface area contributed by atoms with E-state index in [0.29, 0.717) is 5.56 Å². The van der Waals surface area contributed by atoms with Crippen LogP contribution < -0.4 is 5.73 Å². The minimum absolute atomic E-state index is 0.203. The minimum atomic E-state index is -1.23. The van der Waals surface area contributed by atoms with Crippen molar-refractivity contribution in [2.45, 2.75) is 6.54 Å². The Labute approximate surface area is 101 Å². The lowest BCUT2D eigenvalue weighted by Gasteiger charge is -2.04. The normalized spacial score (nSPS) is 10.2. The summed E-state index contributed by atoms with van der Waals surface area (Å²) in [5.74, 6) is -1.87. The zero-order chi connectivity index (χ0) is 13.1. The molecule has 0 radical (unpaired) electrons. The number of carboxylic acids is 1. The SMILES string of the molecule is NC(=O)Cn1nnc(C(=O)O)c1-c1cccnc1. The molecule has 18 heavy (non-hydrogen) atoms. The van der Waals surface area contributed by atoms with Crippen LogP contribution in [0.1, 0.15) is 10.5 Å². The van der Waals surface area contributed by atoms with Gasteiger partial charge in [-0.25, -0.2) is 9.48 Å². The van der Waals surface area contributed by atoms with Gasteiger partial charge in [-0.05, 0) is 12.1 Å². The number of aromatic nitrogens is 4. The zero-order valence-corrected chi connectivity index (χ0v) is 9.15. The molecule has 0 aliphatic heterocycles. The van der Waals surface area contributed by atoms with Gasteiger partial charge in [-0.2, -0.15) is 0 Å². The molecule has 3 N–H and O–H groups in total. The van der Waals surface area contributed by atoms with Gasteiger partial charge in [0.1, 0.15) is 12.2 Å². The molecule has 0 spiro atoms. The maximum absolute atomic E-state index is 11.0. The Balaban J connectivity index is 2.57. The van der Waals surface area contributed by atoms with Crippen LogP contribution in [-0.4, -0.2) is 37.0 Å². The molecule has 0 saturated carbocycles. The number of hydrogen-bond donors (Lipinski definition) is 2. The first-order chi connectivity index (χ1) is 8.59. The fraction of sp³-hybridized carbons (Fsp3) is 0.100. The van der Waals surface area contributed by atoms with E-state index in [9.17, 15) is 9.59 Å². The molecular formula is C10H9N5O3. The third kappa shape index (κ3) is 2.17. The van der Waals surface area contributed by atoms with Crippen molar-refractivity contribution >= 4 is 11.9 Å². The Morgan fingerprint density at radius 3 is 2.78 bits per heavy atom. The standard InChI is InChI=1S/C10H9N5O3/c11-7(16)5-15-9(6-2-1-3-12-4-6)8(10(17)18)13-14-15/h1-4H,5H2,(H2,11,16)(H,17,18). The number of rotatable bonds is 4. The number of pyridine rings is 1. The van der Waals surface area contributed by atoms with Crippen molar-refractivity contribution in [1.82, 2.24) is 20.0 Å². The van der Waals surface area contributed by atoms with E-state index in [1.54, 1.807) is 18.3 Å². The number of aromatic carboxylic acids is 1. The number of nitrogens with zero attached hydrogens (tertiary/aromatic N) is 4. The minimum Gasteiger partial charge on any atom is -0.476 e. The van der Waals surface area contributed by atoms with Crippen LogP contribution >= 0.6 is 0 Å². The van der Waals surface area contributed by atoms with E-state index in [1.165, 1.54) is 6.20 Å². The number of carbonyl (C=O) groups excluding carboxylic acids is 1. The lowest BCUT2D eigenvalue weighted by atomic mass is 10.1. The van der Waals surface area contributed by atoms with Crippen LogP contribution in [0.5, 0.6) is 0 Å². The lowest BCUT2D eigenvalue weighted by molar-refractivity contribution is -0.118. The summed E-state index contributed by atoms with van der Waals surface area (Å²) < 4.78 is 1.14. The molecule has 2 aromatic rings. The molecule has 0 unspecified atom stereocenters. The maximum Gasteiger partial charge on any atom is 0.358 e. The van der Waals surface area contributed by atoms with Crippen LogP contribution in [0.3, 0.4) is 0 Å². The van der Waals surface area contributed by atoms with Gasteiger partial charge in [0.15, 0.2) is 5.69 Å². The first-order valence-corrected chi connectivity index (χ1v) is 4.95. The molecule has 8 heteroatoms. The third-order valence-electron chi connectivity index (χ3n) is 2.18. The third-order valence-corrected chi connectivity index (χ3v) is 2.18. The largest absolute Gasteiger partial charge is 0.476 e. The molecule has 2 aromatic heterocycles. The van der Waals surface area contributed by atoms with Crippen molar-refractivity contribution in [3.05, 3.63) is 30.2 Å². The molecule has 92 valence electrons. The molecule has 0 saturated heterocycles. The van der Waals surface area contributed by atoms with E-state index in [-0.39, 0.29) is 17.9 Å². The van der Waals surface area contributed by atoms with Crippen molar-refractivity contribution in [3.63, 3.8) is 0 Å².